The highest BCUT2D eigenvalue weighted by atomic mass is 16.5. The minimum Gasteiger partial charge on any atom is -0.394 e. The van der Waals surface area contributed by atoms with Gasteiger partial charge in [-0.1, -0.05) is 6.08 Å². The minimum atomic E-state index is -0.0721. The zero-order valence-corrected chi connectivity index (χ0v) is 5.66. The Morgan fingerprint density at radius 3 is 3.00 bits per heavy atom. The molecule has 10 heavy (non-hydrogen) atoms. The third-order valence-electron chi connectivity index (χ3n) is 1.14. The topological polar surface area (TPSA) is 41.5 Å². The Labute approximate surface area is 60.0 Å². The zero-order valence-electron chi connectivity index (χ0n) is 5.66. The molecule has 2 N–H and O–H groups in total. The summed E-state index contributed by atoms with van der Waals surface area (Å²) in [7, 11) is 0. The number of aliphatic hydroxyl groups is 1. The molecule has 1 aliphatic heterocycles. The lowest BCUT2D eigenvalue weighted by Crippen LogP contribution is -2.27. The molecular weight excluding hydrogens is 130 g/mol. The summed E-state index contributed by atoms with van der Waals surface area (Å²) in [4.78, 5) is 0. The molecule has 1 rings (SSSR count). The first-order valence-electron chi connectivity index (χ1n) is 3.25. The normalized spacial score (nSPS) is 22.7. The molecule has 0 spiro atoms. The van der Waals surface area contributed by atoms with Gasteiger partial charge in [0.1, 0.15) is 6.23 Å². The van der Waals surface area contributed by atoms with Crippen molar-refractivity contribution in [1.29, 1.82) is 0 Å². The van der Waals surface area contributed by atoms with Gasteiger partial charge in [-0.2, -0.15) is 0 Å². The molecule has 1 aliphatic rings. The van der Waals surface area contributed by atoms with E-state index in [9.17, 15) is 0 Å². The van der Waals surface area contributed by atoms with Crippen molar-refractivity contribution in [3.05, 3.63) is 24.4 Å². The standard InChI is InChI=1S/C7H11NO2/c9-5-6-10-7-3-1-2-4-8-7/h1-4,7-9H,5-6H2. The van der Waals surface area contributed by atoms with Crippen LogP contribution in [0.2, 0.25) is 0 Å². The van der Waals surface area contributed by atoms with E-state index in [0.29, 0.717) is 6.61 Å². The second-order valence-electron chi connectivity index (χ2n) is 1.93. The van der Waals surface area contributed by atoms with Crippen LogP contribution in [-0.4, -0.2) is 24.5 Å². The number of dihydropyridines is 1. The largest absolute Gasteiger partial charge is 0.394 e. The fourth-order valence-electron chi connectivity index (χ4n) is 0.710. The van der Waals surface area contributed by atoms with Crippen LogP contribution in [0.25, 0.3) is 0 Å². The Bertz CT molecular complexity index is 143. The van der Waals surface area contributed by atoms with Crippen LogP contribution in [0.3, 0.4) is 0 Å². The number of ether oxygens (including phenoxy) is 1. The first-order valence-corrected chi connectivity index (χ1v) is 3.25. The average molecular weight is 141 g/mol. The quantitative estimate of drug-likeness (QED) is 0.581. The molecule has 0 bridgehead atoms. The van der Waals surface area contributed by atoms with Crippen molar-refractivity contribution in [2.24, 2.45) is 0 Å². The number of hydrogen-bond donors (Lipinski definition) is 2. The van der Waals surface area contributed by atoms with Gasteiger partial charge in [0.15, 0.2) is 0 Å². The fourth-order valence-corrected chi connectivity index (χ4v) is 0.710. The number of allylic oxidation sites excluding steroid dienone is 2. The Kier molecular flexibility index (Phi) is 2.99. The Balaban J connectivity index is 2.17. The molecule has 0 aliphatic carbocycles. The molecule has 3 heteroatoms. The first-order chi connectivity index (χ1) is 4.93. The Morgan fingerprint density at radius 1 is 1.50 bits per heavy atom. The third-order valence-corrected chi connectivity index (χ3v) is 1.14. The summed E-state index contributed by atoms with van der Waals surface area (Å²) in [5.41, 5.74) is 0. The summed E-state index contributed by atoms with van der Waals surface area (Å²) >= 11 is 0. The Hall–Kier alpha value is -0.800. The number of nitrogens with one attached hydrogen (secondary N) is 1. The predicted molar refractivity (Wildman–Crippen MR) is 38.2 cm³/mol. The van der Waals surface area contributed by atoms with E-state index in [1.807, 2.05) is 24.4 Å². The maximum absolute atomic E-state index is 8.40. The van der Waals surface area contributed by atoms with Crippen molar-refractivity contribution < 1.29 is 9.84 Å². The maximum Gasteiger partial charge on any atom is 0.147 e. The zero-order chi connectivity index (χ0) is 7.23. The van der Waals surface area contributed by atoms with Gasteiger partial charge < -0.3 is 15.2 Å². The van der Waals surface area contributed by atoms with E-state index in [2.05, 4.69) is 5.32 Å². The number of rotatable bonds is 3. The predicted octanol–water partition coefficient (Wildman–Crippen LogP) is -0.00550. The van der Waals surface area contributed by atoms with Crippen molar-refractivity contribution in [2.75, 3.05) is 13.2 Å². The highest BCUT2D eigenvalue weighted by Crippen LogP contribution is 1.95. The Morgan fingerprint density at radius 2 is 2.40 bits per heavy atom. The van der Waals surface area contributed by atoms with Crippen LogP contribution in [0, 0.1) is 0 Å². The van der Waals surface area contributed by atoms with Crippen molar-refractivity contribution >= 4 is 0 Å². The second kappa shape index (κ2) is 4.09. The molecule has 0 amide bonds. The van der Waals surface area contributed by atoms with E-state index in [4.69, 9.17) is 9.84 Å². The van der Waals surface area contributed by atoms with Crippen molar-refractivity contribution in [1.82, 2.24) is 5.32 Å². The van der Waals surface area contributed by atoms with E-state index >= 15 is 0 Å². The summed E-state index contributed by atoms with van der Waals surface area (Å²) in [5.74, 6) is 0. The summed E-state index contributed by atoms with van der Waals surface area (Å²) in [6.45, 7) is 0.436. The van der Waals surface area contributed by atoms with Crippen LogP contribution in [0.5, 0.6) is 0 Å². The van der Waals surface area contributed by atoms with Gasteiger partial charge in [-0.15, -0.1) is 0 Å². The van der Waals surface area contributed by atoms with Crippen LogP contribution < -0.4 is 5.32 Å². The van der Waals surface area contributed by atoms with E-state index in [1.165, 1.54) is 0 Å². The lowest BCUT2D eigenvalue weighted by molar-refractivity contribution is 0.0434. The van der Waals surface area contributed by atoms with Crippen molar-refractivity contribution in [3.8, 4) is 0 Å². The van der Waals surface area contributed by atoms with E-state index in [-0.39, 0.29) is 12.8 Å². The molecule has 0 saturated carbocycles. The van der Waals surface area contributed by atoms with Crippen LogP contribution in [0.15, 0.2) is 24.4 Å². The van der Waals surface area contributed by atoms with Crippen LogP contribution in [0.1, 0.15) is 0 Å². The molecule has 1 atom stereocenters. The summed E-state index contributed by atoms with van der Waals surface area (Å²) in [6, 6.07) is 0. The van der Waals surface area contributed by atoms with Crippen LogP contribution in [-0.2, 0) is 4.74 Å². The number of aliphatic hydroxyl groups excluding tert-OH is 1. The monoisotopic (exact) mass is 141 g/mol. The SMILES string of the molecule is OCCOC1C=CC=CN1. The smallest absolute Gasteiger partial charge is 0.147 e. The molecule has 0 saturated heterocycles. The lowest BCUT2D eigenvalue weighted by atomic mass is 10.4. The summed E-state index contributed by atoms with van der Waals surface area (Å²) in [6.07, 6.45) is 7.41. The summed E-state index contributed by atoms with van der Waals surface area (Å²) < 4.78 is 5.13. The van der Waals surface area contributed by atoms with Crippen LogP contribution >= 0.6 is 0 Å². The number of hydrogen-bond acceptors (Lipinski definition) is 3. The van der Waals surface area contributed by atoms with Gasteiger partial charge in [0.05, 0.1) is 13.2 Å². The highest BCUT2D eigenvalue weighted by Gasteiger charge is 2.01. The first kappa shape index (κ1) is 7.31. The van der Waals surface area contributed by atoms with Gasteiger partial charge in [0.2, 0.25) is 0 Å². The molecule has 1 heterocycles. The molecule has 0 aromatic heterocycles. The molecule has 0 fully saturated rings. The lowest BCUT2D eigenvalue weighted by Gasteiger charge is -2.15. The van der Waals surface area contributed by atoms with E-state index < -0.39 is 0 Å². The second-order valence-corrected chi connectivity index (χ2v) is 1.93. The maximum atomic E-state index is 8.40. The molecule has 3 nitrogen and oxygen atoms in total. The van der Waals surface area contributed by atoms with Gasteiger partial charge in [-0.3, -0.25) is 0 Å². The molecule has 1 unspecified atom stereocenters. The molecule has 0 radical (unpaired) electrons. The van der Waals surface area contributed by atoms with E-state index in [1.54, 1.807) is 0 Å². The minimum absolute atomic E-state index is 0.0652. The van der Waals surface area contributed by atoms with Gasteiger partial charge in [-0.25, -0.2) is 0 Å². The average Bonchev–Trinajstić information content (AvgIpc) is 2.03. The van der Waals surface area contributed by atoms with Gasteiger partial charge in [0, 0.05) is 0 Å². The third kappa shape index (κ3) is 2.21. The van der Waals surface area contributed by atoms with Gasteiger partial charge in [-0.05, 0) is 18.4 Å². The molecule has 56 valence electrons. The summed E-state index contributed by atoms with van der Waals surface area (Å²) in [5, 5.41) is 11.4. The van der Waals surface area contributed by atoms with Crippen molar-refractivity contribution in [2.45, 2.75) is 6.23 Å². The molecular formula is C7H11NO2. The highest BCUT2D eigenvalue weighted by molar-refractivity contribution is 5.09. The van der Waals surface area contributed by atoms with Crippen LogP contribution in [0.4, 0.5) is 0 Å². The molecule has 0 aromatic rings. The van der Waals surface area contributed by atoms with Gasteiger partial charge in [0.25, 0.3) is 0 Å². The van der Waals surface area contributed by atoms with E-state index in [0.717, 1.165) is 0 Å². The van der Waals surface area contributed by atoms with Gasteiger partial charge >= 0.3 is 0 Å². The fraction of sp³-hybridized carbons (Fsp3) is 0.429. The van der Waals surface area contributed by atoms with Crippen molar-refractivity contribution in [3.63, 3.8) is 0 Å². The molecule has 0 aromatic carbocycles.